The predicted molar refractivity (Wildman–Crippen MR) is 78.1 cm³/mol. The lowest BCUT2D eigenvalue weighted by molar-refractivity contribution is 0.253. The molecule has 3 nitrogen and oxygen atoms in total. The van der Waals surface area contributed by atoms with E-state index in [1.54, 1.807) is 11.5 Å². The van der Waals surface area contributed by atoms with E-state index in [0.29, 0.717) is 12.0 Å². The Bertz CT molecular complexity index is 425. The summed E-state index contributed by atoms with van der Waals surface area (Å²) in [5.74, 6) is 3.02. The summed E-state index contributed by atoms with van der Waals surface area (Å²) in [6.45, 7) is 4.75. The Morgan fingerprint density at radius 2 is 2.00 bits per heavy atom. The zero-order valence-electron chi connectivity index (χ0n) is 11.3. The highest BCUT2D eigenvalue weighted by molar-refractivity contribution is 7.10. The molecule has 3 rings (SSSR count). The second-order valence-corrected chi connectivity index (χ2v) is 6.88. The van der Waals surface area contributed by atoms with E-state index in [1.165, 1.54) is 42.7 Å². The molecule has 0 amide bonds. The fourth-order valence-electron chi connectivity index (χ4n) is 3.13. The minimum absolute atomic E-state index is 0.603. The first-order valence-corrected chi connectivity index (χ1v) is 7.95. The summed E-state index contributed by atoms with van der Waals surface area (Å²) in [5, 5.41) is 5.00. The molecule has 100 valence electrons. The lowest BCUT2D eigenvalue weighted by Gasteiger charge is -2.35. The number of hydrogen-bond acceptors (Lipinski definition) is 4. The van der Waals surface area contributed by atoms with E-state index in [9.17, 15) is 0 Å². The van der Waals surface area contributed by atoms with Gasteiger partial charge in [-0.15, -0.1) is 0 Å². The first-order valence-electron chi connectivity index (χ1n) is 7.18. The van der Waals surface area contributed by atoms with Gasteiger partial charge in [-0.3, -0.25) is 0 Å². The van der Waals surface area contributed by atoms with E-state index in [2.05, 4.69) is 23.5 Å². The van der Waals surface area contributed by atoms with Crippen LogP contribution in [0.5, 0.6) is 0 Å². The third-order valence-corrected chi connectivity index (χ3v) is 5.57. The van der Waals surface area contributed by atoms with Crippen molar-refractivity contribution >= 4 is 22.4 Å². The molecule has 4 heteroatoms. The van der Waals surface area contributed by atoms with Crippen molar-refractivity contribution in [1.29, 1.82) is 0 Å². The number of nitrogen functional groups attached to an aromatic ring is 1. The Kier molecular flexibility index (Phi) is 3.22. The number of anilines is 2. The Morgan fingerprint density at radius 3 is 2.72 bits per heavy atom. The number of rotatable bonds is 3. The van der Waals surface area contributed by atoms with Gasteiger partial charge in [0.2, 0.25) is 0 Å². The second-order valence-electron chi connectivity index (χ2n) is 6.10. The highest BCUT2D eigenvalue weighted by Gasteiger charge is 2.33. The maximum Gasteiger partial charge on any atom is 0.142 e. The van der Waals surface area contributed by atoms with Gasteiger partial charge >= 0.3 is 0 Å². The van der Waals surface area contributed by atoms with E-state index >= 15 is 0 Å². The van der Waals surface area contributed by atoms with E-state index in [-0.39, 0.29) is 0 Å². The molecular formula is C14H23N3S. The van der Waals surface area contributed by atoms with Gasteiger partial charge in [0.15, 0.2) is 0 Å². The van der Waals surface area contributed by atoms with Crippen molar-refractivity contribution in [1.82, 2.24) is 4.37 Å². The Morgan fingerprint density at radius 1 is 1.22 bits per heavy atom. The standard InChI is InChI=1S/C14H23N3S/c1-8-4-3-5-11(9(8)2)16-14-12(10-6-7-10)13(15)17-18-14/h8-11,16H,3-7H2,1-2H3,(H2,15,17). The highest BCUT2D eigenvalue weighted by Crippen LogP contribution is 2.48. The van der Waals surface area contributed by atoms with Gasteiger partial charge in [-0.1, -0.05) is 26.7 Å². The van der Waals surface area contributed by atoms with Crippen molar-refractivity contribution in [3.63, 3.8) is 0 Å². The topological polar surface area (TPSA) is 50.9 Å². The van der Waals surface area contributed by atoms with E-state index in [0.717, 1.165) is 17.7 Å². The normalized spacial score (nSPS) is 32.4. The molecule has 2 aliphatic rings. The van der Waals surface area contributed by atoms with Crippen LogP contribution >= 0.6 is 11.5 Å². The van der Waals surface area contributed by atoms with Crippen LogP contribution < -0.4 is 11.1 Å². The summed E-state index contributed by atoms with van der Waals surface area (Å²) in [7, 11) is 0. The predicted octanol–water partition coefficient (Wildman–Crippen LogP) is 3.84. The van der Waals surface area contributed by atoms with Gasteiger partial charge in [-0.2, -0.15) is 4.37 Å². The number of nitrogens with one attached hydrogen (secondary N) is 1. The lowest BCUT2D eigenvalue weighted by atomic mass is 9.78. The molecule has 18 heavy (non-hydrogen) atoms. The number of nitrogens with two attached hydrogens (primary N) is 1. The quantitative estimate of drug-likeness (QED) is 0.873. The van der Waals surface area contributed by atoms with Gasteiger partial charge in [-0.25, -0.2) is 0 Å². The summed E-state index contributed by atoms with van der Waals surface area (Å²) < 4.78 is 4.34. The molecule has 1 aromatic heterocycles. The van der Waals surface area contributed by atoms with Gasteiger partial charge in [0.05, 0.1) is 0 Å². The summed E-state index contributed by atoms with van der Waals surface area (Å²) in [4.78, 5) is 0. The van der Waals surface area contributed by atoms with Crippen molar-refractivity contribution in [2.75, 3.05) is 11.1 Å². The van der Waals surface area contributed by atoms with E-state index in [1.807, 2.05) is 0 Å². The Hall–Kier alpha value is -0.770. The molecule has 0 aromatic carbocycles. The fourth-order valence-corrected chi connectivity index (χ4v) is 4.00. The molecule has 0 spiro atoms. The van der Waals surface area contributed by atoms with Gasteiger partial charge in [0, 0.05) is 11.6 Å². The second kappa shape index (κ2) is 4.72. The van der Waals surface area contributed by atoms with Crippen LogP contribution in [0.4, 0.5) is 10.8 Å². The van der Waals surface area contributed by atoms with Crippen molar-refractivity contribution in [2.45, 2.75) is 57.9 Å². The third kappa shape index (κ3) is 2.22. The Balaban J connectivity index is 1.75. The summed E-state index contributed by atoms with van der Waals surface area (Å²) in [5.41, 5.74) is 7.32. The summed E-state index contributed by atoms with van der Waals surface area (Å²) in [6.07, 6.45) is 6.57. The smallest absolute Gasteiger partial charge is 0.142 e. The number of hydrogen-bond donors (Lipinski definition) is 2. The molecule has 1 heterocycles. The average molecular weight is 265 g/mol. The minimum atomic E-state index is 0.603. The summed E-state index contributed by atoms with van der Waals surface area (Å²) in [6, 6.07) is 0.603. The van der Waals surface area contributed by atoms with Crippen LogP contribution in [0.2, 0.25) is 0 Å². The van der Waals surface area contributed by atoms with Crippen LogP contribution in [-0.2, 0) is 0 Å². The first kappa shape index (κ1) is 12.3. The molecule has 1 aromatic rings. The molecule has 0 radical (unpaired) electrons. The molecule has 3 N–H and O–H groups in total. The van der Waals surface area contributed by atoms with Gasteiger partial charge in [0.25, 0.3) is 0 Å². The summed E-state index contributed by atoms with van der Waals surface area (Å²) >= 11 is 1.56. The molecular weight excluding hydrogens is 242 g/mol. The van der Waals surface area contributed by atoms with Crippen LogP contribution in [0.1, 0.15) is 57.4 Å². The van der Waals surface area contributed by atoms with E-state index < -0.39 is 0 Å². The minimum Gasteiger partial charge on any atom is -0.383 e. The molecule has 3 unspecified atom stereocenters. The molecule has 2 saturated carbocycles. The van der Waals surface area contributed by atoms with Crippen molar-refractivity contribution in [3.05, 3.63) is 5.56 Å². The highest BCUT2D eigenvalue weighted by atomic mass is 32.1. The van der Waals surface area contributed by atoms with Crippen molar-refractivity contribution in [2.24, 2.45) is 11.8 Å². The average Bonchev–Trinajstić information content (AvgIpc) is 3.11. The molecule has 0 saturated heterocycles. The lowest BCUT2D eigenvalue weighted by Crippen LogP contribution is -2.34. The van der Waals surface area contributed by atoms with Crippen LogP contribution in [-0.4, -0.2) is 10.4 Å². The molecule has 2 aliphatic carbocycles. The van der Waals surface area contributed by atoms with Crippen LogP contribution in [0.3, 0.4) is 0 Å². The third-order valence-electron chi connectivity index (χ3n) is 4.76. The zero-order chi connectivity index (χ0) is 12.7. The van der Waals surface area contributed by atoms with Crippen LogP contribution in [0.25, 0.3) is 0 Å². The van der Waals surface area contributed by atoms with Gasteiger partial charge in [-0.05, 0) is 48.5 Å². The van der Waals surface area contributed by atoms with Gasteiger partial charge < -0.3 is 11.1 Å². The number of aromatic nitrogens is 1. The molecule has 0 aliphatic heterocycles. The zero-order valence-corrected chi connectivity index (χ0v) is 12.1. The van der Waals surface area contributed by atoms with Crippen molar-refractivity contribution in [3.8, 4) is 0 Å². The fraction of sp³-hybridized carbons (Fsp3) is 0.786. The van der Waals surface area contributed by atoms with Crippen molar-refractivity contribution < 1.29 is 0 Å². The maximum absolute atomic E-state index is 6.01. The molecule has 3 atom stereocenters. The number of nitrogens with zero attached hydrogens (tertiary/aromatic N) is 1. The Labute approximate surface area is 113 Å². The SMILES string of the molecule is CC1CCCC(Nc2snc(N)c2C2CC2)C1C. The van der Waals surface area contributed by atoms with E-state index in [4.69, 9.17) is 5.73 Å². The molecule has 2 fully saturated rings. The molecule has 0 bridgehead atoms. The van der Waals surface area contributed by atoms with Gasteiger partial charge in [0.1, 0.15) is 10.8 Å². The largest absolute Gasteiger partial charge is 0.383 e. The van der Waals surface area contributed by atoms with Crippen LogP contribution in [0.15, 0.2) is 0 Å². The van der Waals surface area contributed by atoms with Crippen LogP contribution in [0, 0.1) is 11.8 Å². The maximum atomic E-state index is 6.01. The monoisotopic (exact) mass is 265 g/mol. The first-order chi connectivity index (χ1) is 8.66.